The van der Waals surface area contributed by atoms with Crippen molar-refractivity contribution in [3.63, 3.8) is 0 Å². The van der Waals surface area contributed by atoms with Crippen LogP contribution < -0.4 is 0 Å². The molecule has 0 aromatic carbocycles. The molecule has 0 heterocycles. The fourth-order valence-corrected chi connectivity index (χ4v) is 9.78. The van der Waals surface area contributed by atoms with E-state index in [2.05, 4.69) is 77.4 Å². The summed E-state index contributed by atoms with van der Waals surface area (Å²) in [6, 6.07) is 0. The van der Waals surface area contributed by atoms with Crippen molar-refractivity contribution in [2.75, 3.05) is 0 Å². The lowest BCUT2D eigenvalue weighted by molar-refractivity contribution is 0.567. The third kappa shape index (κ3) is 13.3. The van der Waals surface area contributed by atoms with Gasteiger partial charge in [0.25, 0.3) is 0 Å². The summed E-state index contributed by atoms with van der Waals surface area (Å²) in [5, 5.41) is 0. The van der Waals surface area contributed by atoms with Crippen LogP contribution in [0, 0.1) is 11.8 Å². The normalized spacial score (nSPS) is 14.2. The molecule has 0 fully saturated rings. The molecule has 0 saturated heterocycles. The topological polar surface area (TPSA) is 9.23 Å². The van der Waals surface area contributed by atoms with Crippen LogP contribution in [0.2, 0.25) is 26.2 Å². The van der Waals surface area contributed by atoms with Crippen LogP contribution in [0.3, 0.4) is 0 Å². The van der Waals surface area contributed by atoms with Crippen molar-refractivity contribution in [2.45, 2.75) is 79.6 Å². The Bertz CT molecular complexity index is 296. The van der Waals surface area contributed by atoms with Gasteiger partial charge in [0.1, 0.15) is 0 Å². The van der Waals surface area contributed by atoms with Crippen molar-refractivity contribution in [2.24, 2.45) is 11.8 Å². The fraction of sp³-hybridized carbons (Fsp3) is 0.778. The lowest BCUT2D eigenvalue weighted by atomic mass is 10.1. The molecule has 0 aromatic heterocycles. The van der Waals surface area contributed by atoms with Crippen LogP contribution in [-0.2, 0) is 4.12 Å². The van der Waals surface area contributed by atoms with E-state index in [4.69, 9.17) is 4.12 Å². The van der Waals surface area contributed by atoms with Crippen LogP contribution in [0.25, 0.3) is 0 Å². The van der Waals surface area contributed by atoms with Gasteiger partial charge in [0.05, 0.1) is 0 Å². The molecule has 3 heteroatoms. The molecule has 0 spiro atoms. The lowest BCUT2D eigenvalue weighted by Crippen LogP contribution is -2.42. The van der Waals surface area contributed by atoms with Gasteiger partial charge in [0.15, 0.2) is 16.6 Å². The minimum absolute atomic E-state index is 0.787. The molecule has 124 valence electrons. The molecule has 0 amide bonds. The van der Waals surface area contributed by atoms with Crippen LogP contribution in [0.5, 0.6) is 0 Å². The Balaban J connectivity index is 4.32. The average Bonchev–Trinajstić information content (AvgIpc) is 2.28. The predicted octanol–water partition coefficient (Wildman–Crippen LogP) is 6.48. The highest BCUT2D eigenvalue weighted by Crippen LogP contribution is 2.18. The van der Waals surface area contributed by atoms with Gasteiger partial charge in [-0.05, 0) is 63.7 Å². The van der Waals surface area contributed by atoms with Gasteiger partial charge in [0, 0.05) is 0 Å². The van der Waals surface area contributed by atoms with Crippen molar-refractivity contribution in [1.29, 1.82) is 0 Å². The highest BCUT2D eigenvalue weighted by atomic mass is 28.4. The van der Waals surface area contributed by atoms with E-state index < -0.39 is 16.6 Å². The van der Waals surface area contributed by atoms with Gasteiger partial charge in [-0.25, -0.2) is 0 Å². The Kier molecular flexibility index (Phi) is 9.74. The molecule has 0 aliphatic heterocycles. The summed E-state index contributed by atoms with van der Waals surface area (Å²) in [5.41, 5.74) is 4.76. The third-order valence-electron chi connectivity index (χ3n) is 3.39. The Morgan fingerprint density at radius 3 is 1.33 bits per heavy atom. The summed E-state index contributed by atoms with van der Waals surface area (Å²) in [7, 11) is -3.33. The number of hydrogen-bond acceptors (Lipinski definition) is 1. The van der Waals surface area contributed by atoms with Crippen LogP contribution in [0.15, 0.2) is 23.6 Å². The zero-order valence-electron chi connectivity index (χ0n) is 15.7. The maximum absolute atomic E-state index is 6.54. The smallest absolute Gasteiger partial charge is 0.198 e. The first-order valence-electron chi connectivity index (χ1n) is 8.59. The van der Waals surface area contributed by atoms with Crippen LogP contribution >= 0.6 is 0 Å². The Labute approximate surface area is 136 Å². The Hall–Kier alpha value is -0.126. The molecule has 0 bridgehead atoms. The first-order chi connectivity index (χ1) is 9.54. The summed E-state index contributed by atoms with van der Waals surface area (Å²) in [4.78, 5) is 0. The molecule has 0 aliphatic rings. The maximum Gasteiger partial charge on any atom is 0.198 e. The zero-order valence-corrected chi connectivity index (χ0v) is 17.7. The summed E-state index contributed by atoms with van der Waals surface area (Å²) in [6.07, 6.45) is 9.61. The van der Waals surface area contributed by atoms with E-state index in [-0.39, 0.29) is 0 Å². The predicted molar refractivity (Wildman–Crippen MR) is 102 cm³/mol. The molecule has 0 aliphatic carbocycles. The third-order valence-corrected chi connectivity index (χ3v) is 9.67. The van der Waals surface area contributed by atoms with E-state index >= 15 is 0 Å². The summed E-state index contributed by atoms with van der Waals surface area (Å²) < 4.78 is 6.54. The molecule has 0 N–H and O–H groups in total. The van der Waals surface area contributed by atoms with Crippen molar-refractivity contribution in [1.82, 2.24) is 0 Å². The van der Waals surface area contributed by atoms with Crippen molar-refractivity contribution in [3.05, 3.63) is 23.6 Å². The molecular formula is C18H38OSi2. The van der Waals surface area contributed by atoms with Gasteiger partial charge in [-0.3, -0.25) is 0 Å². The maximum atomic E-state index is 6.54. The second-order valence-corrected chi connectivity index (χ2v) is 16.0. The van der Waals surface area contributed by atoms with Gasteiger partial charge in [-0.2, -0.15) is 0 Å². The molecule has 0 radical (unpaired) electrons. The minimum atomic E-state index is -1.66. The van der Waals surface area contributed by atoms with E-state index in [0.717, 1.165) is 11.8 Å². The fourth-order valence-electron chi connectivity index (χ4n) is 2.34. The molecule has 0 atom stereocenters. The van der Waals surface area contributed by atoms with Gasteiger partial charge < -0.3 is 4.12 Å². The van der Waals surface area contributed by atoms with E-state index in [9.17, 15) is 0 Å². The van der Waals surface area contributed by atoms with Crippen LogP contribution in [-0.4, -0.2) is 16.6 Å². The Morgan fingerprint density at radius 1 is 0.714 bits per heavy atom. The quantitative estimate of drug-likeness (QED) is 0.418. The summed E-state index contributed by atoms with van der Waals surface area (Å²) >= 11 is 0. The molecule has 0 rings (SSSR count). The number of allylic oxidation sites excluding steroid dienone is 2. The SMILES string of the molecule is CC(C)CC/C=C/[Si](C)(C)O[Si](C)(C)/C=C/CCC(C)C. The number of hydrogen-bond donors (Lipinski definition) is 0. The van der Waals surface area contributed by atoms with E-state index in [1.165, 1.54) is 25.7 Å². The van der Waals surface area contributed by atoms with E-state index in [1.54, 1.807) is 0 Å². The minimum Gasteiger partial charge on any atom is -0.449 e. The highest BCUT2D eigenvalue weighted by molar-refractivity contribution is 6.89. The summed E-state index contributed by atoms with van der Waals surface area (Å²) in [6.45, 7) is 18.4. The van der Waals surface area contributed by atoms with Gasteiger partial charge in [-0.1, -0.05) is 51.2 Å². The Morgan fingerprint density at radius 2 is 1.05 bits per heavy atom. The van der Waals surface area contributed by atoms with Gasteiger partial charge >= 0.3 is 0 Å². The number of rotatable bonds is 10. The second-order valence-electron chi connectivity index (χ2n) is 8.06. The van der Waals surface area contributed by atoms with Crippen molar-refractivity contribution >= 4 is 16.6 Å². The van der Waals surface area contributed by atoms with E-state index in [0.29, 0.717) is 0 Å². The van der Waals surface area contributed by atoms with E-state index in [1.807, 2.05) is 0 Å². The lowest BCUT2D eigenvalue weighted by Gasteiger charge is -2.29. The van der Waals surface area contributed by atoms with Crippen LogP contribution in [0.1, 0.15) is 53.4 Å². The first kappa shape index (κ1) is 20.9. The zero-order chi connectivity index (χ0) is 16.5. The molecule has 0 saturated carbocycles. The van der Waals surface area contributed by atoms with Gasteiger partial charge in [-0.15, -0.1) is 0 Å². The van der Waals surface area contributed by atoms with Crippen molar-refractivity contribution in [3.8, 4) is 0 Å². The largest absolute Gasteiger partial charge is 0.449 e. The molecular weight excluding hydrogens is 288 g/mol. The van der Waals surface area contributed by atoms with Crippen molar-refractivity contribution < 1.29 is 4.12 Å². The molecule has 0 unspecified atom stereocenters. The summed E-state index contributed by atoms with van der Waals surface area (Å²) in [5.74, 6) is 1.57. The standard InChI is InChI=1S/C18H38OSi2/c1-17(2)13-9-11-15-20(5,6)19-21(7,8)16-12-10-14-18(3)4/h11-12,15-18H,9-10,13-14H2,1-8H3/b15-11+,16-12+. The first-order valence-corrected chi connectivity index (χ1v) is 14.6. The second kappa shape index (κ2) is 9.80. The molecule has 0 aromatic rings. The highest BCUT2D eigenvalue weighted by Gasteiger charge is 2.28. The monoisotopic (exact) mass is 326 g/mol. The van der Waals surface area contributed by atoms with Gasteiger partial charge in [0.2, 0.25) is 0 Å². The molecule has 1 nitrogen and oxygen atoms in total. The average molecular weight is 327 g/mol. The molecule has 21 heavy (non-hydrogen) atoms. The van der Waals surface area contributed by atoms with Crippen LogP contribution in [0.4, 0.5) is 0 Å².